The smallest absolute Gasteiger partial charge is 0.326 e. The van der Waals surface area contributed by atoms with Gasteiger partial charge in [-0.1, -0.05) is 19.1 Å². The molecule has 0 aromatic heterocycles. The summed E-state index contributed by atoms with van der Waals surface area (Å²) in [7, 11) is 0. The van der Waals surface area contributed by atoms with E-state index in [9.17, 15) is 31.1 Å². The molecule has 0 aliphatic rings. The standard InChI is InChI=1S/C22H24F6N2O/c1-5-14-10-17(21(25,20(4,23)24)22(26,27)28)9-13(3)18(14)30-19(31)15-6-7-16(11-29)12(2)8-15/h6-10H,5,11,29H2,1-4H3,(H,30,31)/t21-/m1/s1. The summed E-state index contributed by atoms with van der Waals surface area (Å²) in [5.74, 6) is -5.25. The fourth-order valence-electron chi connectivity index (χ4n) is 3.43. The molecule has 3 nitrogen and oxygen atoms in total. The van der Waals surface area contributed by atoms with Crippen LogP contribution in [0.4, 0.5) is 32.0 Å². The Morgan fingerprint density at radius 3 is 2.03 bits per heavy atom. The predicted molar refractivity (Wildman–Crippen MR) is 107 cm³/mol. The van der Waals surface area contributed by atoms with E-state index in [0.717, 1.165) is 17.2 Å². The molecule has 0 saturated carbocycles. The molecule has 0 radical (unpaired) electrons. The number of carbonyl (C=O) groups is 1. The predicted octanol–water partition coefficient (Wildman–Crippen LogP) is 5.96. The van der Waals surface area contributed by atoms with E-state index in [2.05, 4.69) is 5.32 Å². The third-order valence-corrected chi connectivity index (χ3v) is 5.25. The molecule has 0 aliphatic heterocycles. The minimum atomic E-state index is -5.84. The highest BCUT2D eigenvalue weighted by molar-refractivity contribution is 6.05. The number of benzene rings is 2. The van der Waals surface area contributed by atoms with Crippen LogP contribution >= 0.6 is 0 Å². The van der Waals surface area contributed by atoms with Crippen molar-refractivity contribution in [2.45, 2.75) is 58.4 Å². The summed E-state index contributed by atoms with van der Waals surface area (Å²) in [6.45, 7) is 4.85. The Morgan fingerprint density at radius 2 is 1.58 bits per heavy atom. The molecule has 0 fully saturated rings. The molecule has 3 N–H and O–H groups in total. The van der Waals surface area contributed by atoms with Crippen LogP contribution in [-0.4, -0.2) is 18.0 Å². The maximum absolute atomic E-state index is 14.8. The van der Waals surface area contributed by atoms with Crippen LogP contribution in [0.5, 0.6) is 0 Å². The molecule has 0 unspecified atom stereocenters. The van der Waals surface area contributed by atoms with Gasteiger partial charge >= 0.3 is 6.18 Å². The van der Waals surface area contributed by atoms with Crippen molar-refractivity contribution in [1.82, 2.24) is 0 Å². The molecule has 2 aromatic carbocycles. The van der Waals surface area contributed by atoms with Gasteiger partial charge in [-0.3, -0.25) is 4.79 Å². The van der Waals surface area contributed by atoms with Gasteiger partial charge in [0.25, 0.3) is 17.5 Å². The van der Waals surface area contributed by atoms with Gasteiger partial charge in [0.15, 0.2) is 0 Å². The van der Waals surface area contributed by atoms with Gasteiger partial charge in [-0.25, -0.2) is 13.2 Å². The Hall–Kier alpha value is -2.55. The Morgan fingerprint density at radius 1 is 0.968 bits per heavy atom. The Labute approximate surface area is 176 Å². The average molecular weight is 446 g/mol. The lowest BCUT2D eigenvalue weighted by molar-refractivity contribution is -0.304. The summed E-state index contributed by atoms with van der Waals surface area (Å²) in [4.78, 5) is 12.7. The summed E-state index contributed by atoms with van der Waals surface area (Å²) in [5.41, 5.74) is 1.75. The van der Waals surface area contributed by atoms with E-state index in [1.54, 1.807) is 32.0 Å². The van der Waals surface area contributed by atoms with Crippen molar-refractivity contribution in [2.24, 2.45) is 5.73 Å². The van der Waals surface area contributed by atoms with Gasteiger partial charge in [0.1, 0.15) is 0 Å². The Balaban J connectivity index is 2.53. The van der Waals surface area contributed by atoms with E-state index in [1.165, 1.54) is 6.92 Å². The maximum Gasteiger partial charge on any atom is 0.432 e. The monoisotopic (exact) mass is 446 g/mol. The number of alkyl halides is 6. The minimum Gasteiger partial charge on any atom is -0.326 e. The first-order valence-electron chi connectivity index (χ1n) is 9.55. The fraction of sp³-hybridized carbons (Fsp3) is 0.409. The van der Waals surface area contributed by atoms with E-state index >= 15 is 0 Å². The molecule has 2 rings (SSSR count). The number of rotatable bonds is 6. The summed E-state index contributed by atoms with van der Waals surface area (Å²) >= 11 is 0. The summed E-state index contributed by atoms with van der Waals surface area (Å²) < 4.78 is 82.4. The maximum atomic E-state index is 14.8. The van der Waals surface area contributed by atoms with Crippen molar-refractivity contribution in [2.75, 3.05) is 5.32 Å². The molecular formula is C22H24F6N2O. The molecule has 31 heavy (non-hydrogen) atoms. The van der Waals surface area contributed by atoms with Crippen LogP contribution in [0.1, 0.15) is 52.0 Å². The van der Waals surface area contributed by atoms with Crippen molar-refractivity contribution < 1.29 is 31.1 Å². The zero-order valence-electron chi connectivity index (χ0n) is 17.6. The molecule has 0 bridgehead atoms. The third-order valence-electron chi connectivity index (χ3n) is 5.25. The van der Waals surface area contributed by atoms with Crippen LogP contribution in [-0.2, 0) is 18.6 Å². The van der Waals surface area contributed by atoms with Gasteiger partial charge in [-0.2, -0.15) is 13.2 Å². The molecule has 2 aromatic rings. The molecule has 1 atom stereocenters. The van der Waals surface area contributed by atoms with Crippen molar-refractivity contribution >= 4 is 11.6 Å². The number of aryl methyl sites for hydroxylation is 3. The molecule has 0 heterocycles. The number of anilines is 1. The number of nitrogens with two attached hydrogens (primary N) is 1. The summed E-state index contributed by atoms with van der Waals surface area (Å²) in [5, 5.41) is 2.61. The first kappa shape index (κ1) is 24.7. The molecule has 170 valence electrons. The summed E-state index contributed by atoms with van der Waals surface area (Å²) in [6, 6.07) is 6.28. The van der Waals surface area contributed by atoms with Crippen molar-refractivity contribution in [3.8, 4) is 0 Å². The van der Waals surface area contributed by atoms with Crippen LogP contribution in [0.2, 0.25) is 0 Å². The van der Waals surface area contributed by atoms with Crippen LogP contribution in [0.3, 0.4) is 0 Å². The normalized spacial score (nSPS) is 14.3. The number of carbonyl (C=O) groups excluding carboxylic acids is 1. The molecule has 0 aliphatic carbocycles. The number of nitrogens with one attached hydrogen (secondary N) is 1. The quantitative estimate of drug-likeness (QED) is 0.538. The second-order valence-electron chi connectivity index (χ2n) is 7.52. The first-order chi connectivity index (χ1) is 14.2. The van der Waals surface area contributed by atoms with E-state index in [0.29, 0.717) is 12.6 Å². The van der Waals surface area contributed by atoms with E-state index < -0.39 is 29.2 Å². The van der Waals surface area contributed by atoms with Crippen LogP contribution in [0.15, 0.2) is 30.3 Å². The minimum absolute atomic E-state index is 0.0357. The highest BCUT2D eigenvalue weighted by Gasteiger charge is 2.70. The Kier molecular flexibility index (Phi) is 6.80. The zero-order valence-corrected chi connectivity index (χ0v) is 17.6. The molecule has 9 heteroatoms. The topological polar surface area (TPSA) is 55.1 Å². The zero-order chi connectivity index (χ0) is 23.8. The number of amides is 1. The SMILES string of the molecule is CCc1cc([C@@](F)(C(C)(F)F)C(F)(F)F)cc(C)c1NC(=O)c1ccc(CN)c(C)c1. The van der Waals surface area contributed by atoms with Gasteiger partial charge < -0.3 is 11.1 Å². The Bertz CT molecular complexity index is 965. The lowest BCUT2D eigenvalue weighted by atomic mass is 9.86. The lowest BCUT2D eigenvalue weighted by Crippen LogP contribution is -2.51. The van der Waals surface area contributed by atoms with E-state index in [1.807, 2.05) is 0 Å². The molecular weight excluding hydrogens is 422 g/mol. The fourth-order valence-corrected chi connectivity index (χ4v) is 3.43. The van der Waals surface area contributed by atoms with Gasteiger partial charge in [0.2, 0.25) is 0 Å². The highest BCUT2D eigenvalue weighted by Crippen LogP contribution is 2.53. The van der Waals surface area contributed by atoms with Crippen LogP contribution in [0.25, 0.3) is 0 Å². The number of halogens is 6. The first-order valence-corrected chi connectivity index (χ1v) is 9.55. The number of hydrogen-bond acceptors (Lipinski definition) is 2. The third kappa shape index (κ3) is 4.56. The van der Waals surface area contributed by atoms with Gasteiger partial charge in [0.05, 0.1) is 0 Å². The van der Waals surface area contributed by atoms with E-state index in [4.69, 9.17) is 5.73 Å². The van der Waals surface area contributed by atoms with Crippen molar-refractivity contribution in [3.63, 3.8) is 0 Å². The second-order valence-corrected chi connectivity index (χ2v) is 7.52. The van der Waals surface area contributed by atoms with Crippen molar-refractivity contribution in [1.29, 1.82) is 0 Å². The average Bonchev–Trinajstić information content (AvgIpc) is 2.66. The molecule has 0 spiro atoms. The van der Waals surface area contributed by atoms with Crippen LogP contribution in [0, 0.1) is 13.8 Å². The molecule has 0 saturated heterocycles. The lowest BCUT2D eigenvalue weighted by Gasteiger charge is -2.34. The van der Waals surface area contributed by atoms with E-state index in [-0.39, 0.29) is 35.7 Å². The second kappa shape index (κ2) is 8.53. The van der Waals surface area contributed by atoms with Gasteiger partial charge in [-0.05, 0) is 60.7 Å². The van der Waals surface area contributed by atoms with Gasteiger partial charge in [0, 0.05) is 30.3 Å². The number of hydrogen-bond donors (Lipinski definition) is 2. The highest BCUT2D eigenvalue weighted by atomic mass is 19.4. The largest absolute Gasteiger partial charge is 0.432 e. The van der Waals surface area contributed by atoms with Crippen molar-refractivity contribution in [3.05, 3.63) is 63.7 Å². The molecule has 1 amide bonds. The van der Waals surface area contributed by atoms with Crippen LogP contribution < -0.4 is 11.1 Å². The summed E-state index contributed by atoms with van der Waals surface area (Å²) in [6.07, 6.45) is -5.76. The van der Waals surface area contributed by atoms with Gasteiger partial charge in [-0.15, -0.1) is 0 Å².